The Kier molecular flexibility index (Phi) is 5.71. The van der Waals surface area contributed by atoms with Crippen LogP contribution in [0.1, 0.15) is 45.2 Å². The Balaban J connectivity index is 2.01. The highest BCUT2D eigenvalue weighted by atomic mass is 19.1. The predicted octanol–water partition coefficient (Wildman–Crippen LogP) is 3.74. The van der Waals surface area contributed by atoms with Crippen molar-refractivity contribution in [1.29, 1.82) is 0 Å². The minimum atomic E-state index is -0.367. The topological polar surface area (TPSA) is 15.3 Å². The van der Waals surface area contributed by atoms with Gasteiger partial charge in [0.05, 0.1) is 0 Å². The normalized spacial score (nSPS) is 21.7. The summed E-state index contributed by atoms with van der Waals surface area (Å²) in [4.78, 5) is 2.27. The zero-order valence-corrected chi connectivity index (χ0v) is 13.2. The van der Waals surface area contributed by atoms with E-state index in [1.807, 2.05) is 6.92 Å². The fourth-order valence-corrected chi connectivity index (χ4v) is 3.05. The van der Waals surface area contributed by atoms with Crippen molar-refractivity contribution < 1.29 is 8.78 Å². The van der Waals surface area contributed by atoms with Gasteiger partial charge in [-0.2, -0.15) is 0 Å². The molecule has 0 aromatic heterocycles. The van der Waals surface area contributed by atoms with Gasteiger partial charge in [0.1, 0.15) is 11.6 Å². The Labute approximate surface area is 126 Å². The van der Waals surface area contributed by atoms with Crippen molar-refractivity contribution in [3.63, 3.8) is 0 Å². The van der Waals surface area contributed by atoms with E-state index in [9.17, 15) is 8.78 Å². The summed E-state index contributed by atoms with van der Waals surface area (Å²) >= 11 is 0. The molecule has 1 N–H and O–H groups in total. The zero-order chi connectivity index (χ0) is 15.4. The lowest BCUT2D eigenvalue weighted by atomic mass is 9.95. The summed E-state index contributed by atoms with van der Waals surface area (Å²) in [6.45, 7) is 9.14. The van der Waals surface area contributed by atoms with Crippen molar-refractivity contribution in [1.82, 2.24) is 10.2 Å². The first kappa shape index (κ1) is 16.4. The first-order valence-corrected chi connectivity index (χ1v) is 7.89. The predicted molar refractivity (Wildman–Crippen MR) is 82.2 cm³/mol. The number of likely N-dealkylation sites (tertiary alicyclic amines) is 1. The van der Waals surface area contributed by atoms with Crippen LogP contribution in [0.15, 0.2) is 18.2 Å². The number of nitrogens with one attached hydrogen (secondary N) is 1. The van der Waals surface area contributed by atoms with Crippen LogP contribution in [0.3, 0.4) is 0 Å². The minimum absolute atomic E-state index is 0.0810. The molecule has 4 heteroatoms. The Morgan fingerprint density at radius 2 is 2.05 bits per heavy atom. The lowest BCUT2D eigenvalue weighted by molar-refractivity contribution is 0.127. The third-order valence-electron chi connectivity index (χ3n) is 4.32. The van der Waals surface area contributed by atoms with E-state index < -0.39 is 0 Å². The van der Waals surface area contributed by atoms with E-state index in [0.29, 0.717) is 17.5 Å². The van der Waals surface area contributed by atoms with Crippen molar-refractivity contribution in [2.45, 2.75) is 45.7 Å². The third kappa shape index (κ3) is 4.48. The van der Waals surface area contributed by atoms with Gasteiger partial charge in [-0.3, -0.25) is 4.90 Å². The molecule has 1 heterocycles. The van der Waals surface area contributed by atoms with E-state index in [0.717, 1.165) is 26.1 Å². The molecular formula is C17H26F2N2. The SMILES string of the molecule is CC(C)NCC1CCCN(C(C)c2cc(F)ccc2F)C1. The van der Waals surface area contributed by atoms with Crippen molar-refractivity contribution in [2.75, 3.05) is 19.6 Å². The van der Waals surface area contributed by atoms with Crippen LogP contribution in [0.4, 0.5) is 8.78 Å². The maximum absolute atomic E-state index is 13.9. The van der Waals surface area contributed by atoms with Gasteiger partial charge in [0.15, 0.2) is 0 Å². The van der Waals surface area contributed by atoms with Gasteiger partial charge in [0.25, 0.3) is 0 Å². The van der Waals surface area contributed by atoms with Crippen LogP contribution in [-0.2, 0) is 0 Å². The van der Waals surface area contributed by atoms with Gasteiger partial charge >= 0.3 is 0 Å². The van der Waals surface area contributed by atoms with E-state index in [1.54, 1.807) is 0 Å². The Morgan fingerprint density at radius 3 is 2.76 bits per heavy atom. The fourth-order valence-electron chi connectivity index (χ4n) is 3.05. The molecule has 118 valence electrons. The van der Waals surface area contributed by atoms with Crippen LogP contribution in [0.5, 0.6) is 0 Å². The summed E-state index contributed by atoms with van der Waals surface area (Å²) in [6.07, 6.45) is 2.32. The summed E-state index contributed by atoms with van der Waals surface area (Å²) in [5.41, 5.74) is 0.465. The molecule has 2 nitrogen and oxygen atoms in total. The van der Waals surface area contributed by atoms with E-state index in [-0.39, 0.29) is 17.7 Å². The molecule has 1 aliphatic rings. The van der Waals surface area contributed by atoms with E-state index in [1.165, 1.54) is 24.6 Å². The van der Waals surface area contributed by atoms with E-state index >= 15 is 0 Å². The Bertz CT molecular complexity index is 462. The molecule has 2 atom stereocenters. The molecular weight excluding hydrogens is 270 g/mol. The van der Waals surface area contributed by atoms with Crippen molar-refractivity contribution in [3.8, 4) is 0 Å². The molecule has 0 aliphatic carbocycles. The van der Waals surface area contributed by atoms with Gasteiger partial charge in [-0.05, 0) is 57.0 Å². The first-order chi connectivity index (χ1) is 9.97. The second-order valence-electron chi connectivity index (χ2n) is 6.41. The number of hydrogen-bond acceptors (Lipinski definition) is 2. The molecule has 0 bridgehead atoms. The second-order valence-corrected chi connectivity index (χ2v) is 6.41. The van der Waals surface area contributed by atoms with Crippen LogP contribution in [0, 0.1) is 17.6 Å². The van der Waals surface area contributed by atoms with Crippen molar-refractivity contribution >= 4 is 0 Å². The number of halogens is 2. The van der Waals surface area contributed by atoms with Crippen LogP contribution in [0.25, 0.3) is 0 Å². The average Bonchev–Trinajstić information content (AvgIpc) is 2.47. The van der Waals surface area contributed by atoms with Gasteiger partial charge in [-0.15, -0.1) is 0 Å². The molecule has 1 fully saturated rings. The number of piperidine rings is 1. The van der Waals surface area contributed by atoms with Crippen molar-refractivity contribution in [2.24, 2.45) is 5.92 Å². The average molecular weight is 296 g/mol. The van der Waals surface area contributed by atoms with Gasteiger partial charge in [0.2, 0.25) is 0 Å². The molecule has 2 rings (SSSR count). The van der Waals surface area contributed by atoms with Gasteiger partial charge in [0, 0.05) is 24.2 Å². The number of nitrogens with zero attached hydrogens (tertiary/aromatic N) is 1. The largest absolute Gasteiger partial charge is 0.314 e. The van der Waals surface area contributed by atoms with Crippen molar-refractivity contribution in [3.05, 3.63) is 35.4 Å². The van der Waals surface area contributed by atoms with Crippen LogP contribution >= 0.6 is 0 Å². The van der Waals surface area contributed by atoms with Gasteiger partial charge < -0.3 is 5.32 Å². The van der Waals surface area contributed by atoms with Crippen LogP contribution in [-0.4, -0.2) is 30.6 Å². The number of benzene rings is 1. The summed E-state index contributed by atoms with van der Waals surface area (Å²) in [5.74, 6) is -0.0974. The maximum Gasteiger partial charge on any atom is 0.128 e. The van der Waals surface area contributed by atoms with E-state index in [2.05, 4.69) is 24.1 Å². The molecule has 1 aromatic carbocycles. The summed E-state index contributed by atoms with van der Waals surface area (Å²) in [6, 6.07) is 4.14. The van der Waals surface area contributed by atoms with Crippen LogP contribution in [0.2, 0.25) is 0 Å². The highest BCUT2D eigenvalue weighted by Gasteiger charge is 2.26. The molecule has 0 spiro atoms. The highest BCUT2D eigenvalue weighted by molar-refractivity contribution is 5.22. The van der Waals surface area contributed by atoms with Gasteiger partial charge in [-0.1, -0.05) is 13.8 Å². The molecule has 0 amide bonds. The summed E-state index contributed by atoms with van der Waals surface area (Å²) in [5, 5.41) is 3.47. The van der Waals surface area contributed by atoms with Crippen LogP contribution < -0.4 is 5.32 Å². The molecule has 0 saturated carbocycles. The fraction of sp³-hybridized carbons (Fsp3) is 0.647. The molecule has 1 saturated heterocycles. The monoisotopic (exact) mass is 296 g/mol. The Morgan fingerprint density at radius 1 is 1.29 bits per heavy atom. The molecule has 2 unspecified atom stereocenters. The number of hydrogen-bond donors (Lipinski definition) is 1. The zero-order valence-electron chi connectivity index (χ0n) is 13.2. The first-order valence-electron chi connectivity index (χ1n) is 7.89. The minimum Gasteiger partial charge on any atom is -0.314 e. The molecule has 21 heavy (non-hydrogen) atoms. The Hall–Kier alpha value is -1.00. The standard InChI is InChI=1S/C17H26F2N2/c1-12(2)20-10-14-5-4-8-21(11-14)13(3)16-9-15(18)6-7-17(16)19/h6-7,9,12-14,20H,4-5,8,10-11H2,1-3H3. The quantitative estimate of drug-likeness (QED) is 0.890. The number of rotatable bonds is 5. The lowest BCUT2D eigenvalue weighted by Crippen LogP contribution is -2.42. The molecule has 0 radical (unpaired) electrons. The summed E-state index contributed by atoms with van der Waals surface area (Å²) < 4.78 is 27.3. The molecule has 1 aliphatic heterocycles. The van der Waals surface area contributed by atoms with Gasteiger partial charge in [-0.25, -0.2) is 8.78 Å². The molecule has 1 aromatic rings. The third-order valence-corrected chi connectivity index (χ3v) is 4.32. The summed E-state index contributed by atoms with van der Waals surface area (Å²) in [7, 11) is 0. The highest BCUT2D eigenvalue weighted by Crippen LogP contribution is 2.28. The second kappa shape index (κ2) is 7.32. The van der Waals surface area contributed by atoms with E-state index in [4.69, 9.17) is 0 Å². The maximum atomic E-state index is 13.9. The smallest absolute Gasteiger partial charge is 0.128 e. The lowest BCUT2D eigenvalue weighted by Gasteiger charge is -2.37.